The minimum Gasteiger partial charge on any atom is -0.396 e. The summed E-state index contributed by atoms with van der Waals surface area (Å²) in [7, 11) is 0. The SMILES string of the molecule is CC(C)(CCO)CNc1cc(F)cc(F)c1[N+](=O)[O-]. The molecule has 0 atom stereocenters. The van der Waals surface area contributed by atoms with E-state index in [9.17, 15) is 18.9 Å². The topological polar surface area (TPSA) is 75.4 Å². The molecular weight excluding hydrogens is 258 g/mol. The standard InChI is InChI=1S/C12H16F2N2O3/c1-12(2,3-4-17)7-15-10-6-8(13)5-9(14)11(10)16(18)19/h5-6,15,17H,3-4,7H2,1-2H3. The Morgan fingerprint density at radius 2 is 2.05 bits per heavy atom. The van der Waals surface area contributed by atoms with Gasteiger partial charge in [-0.05, 0) is 11.8 Å². The van der Waals surface area contributed by atoms with Crippen LogP contribution in [0.2, 0.25) is 0 Å². The van der Waals surface area contributed by atoms with Crippen LogP contribution in [0.5, 0.6) is 0 Å². The number of nitro groups is 1. The smallest absolute Gasteiger partial charge is 0.327 e. The summed E-state index contributed by atoms with van der Waals surface area (Å²) in [6, 6.07) is 1.36. The van der Waals surface area contributed by atoms with E-state index in [2.05, 4.69) is 5.32 Å². The van der Waals surface area contributed by atoms with Gasteiger partial charge in [0, 0.05) is 25.3 Å². The third-order valence-corrected chi connectivity index (χ3v) is 2.76. The molecule has 0 unspecified atom stereocenters. The fourth-order valence-electron chi connectivity index (χ4n) is 1.61. The van der Waals surface area contributed by atoms with Gasteiger partial charge >= 0.3 is 5.69 Å². The van der Waals surface area contributed by atoms with Crippen molar-refractivity contribution in [3.8, 4) is 0 Å². The minimum absolute atomic E-state index is 0.0334. The lowest BCUT2D eigenvalue weighted by Gasteiger charge is -2.24. The summed E-state index contributed by atoms with van der Waals surface area (Å²) in [5.74, 6) is -2.10. The average molecular weight is 274 g/mol. The summed E-state index contributed by atoms with van der Waals surface area (Å²) in [6.07, 6.45) is 0.464. The molecule has 7 heteroatoms. The highest BCUT2D eigenvalue weighted by molar-refractivity contribution is 5.62. The highest BCUT2D eigenvalue weighted by Gasteiger charge is 2.24. The number of rotatable bonds is 6. The van der Waals surface area contributed by atoms with Gasteiger partial charge in [0.2, 0.25) is 5.82 Å². The number of nitrogens with zero attached hydrogens (tertiary/aromatic N) is 1. The molecule has 2 N–H and O–H groups in total. The van der Waals surface area contributed by atoms with E-state index in [0.29, 0.717) is 12.5 Å². The first-order valence-corrected chi connectivity index (χ1v) is 5.75. The second-order valence-electron chi connectivity index (χ2n) is 5.03. The van der Waals surface area contributed by atoms with Crippen molar-refractivity contribution >= 4 is 11.4 Å². The highest BCUT2D eigenvalue weighted by Crippen LogP contribution is 2.30. The quantitative estimate of drug-likeness (QED) is 0.617. The molecule has 0 aliphatic carbocycles. The predicted octanol–water partition coefficient (Wildman–Crippen LogP) is 2.69. The minimum atomic E-state index is -1.22. The number of hydrogen-bond donors (Lipinski definition) is 2. The molecule has 0 aliphatic heterocycles. The zero-order valence-electron chi connectivity index (χ0n) is 10.7. The number of anilines is 1. The Balaban J connectivity index is 2.97. The second kappa shape index (κ2) is 5.92. The molecule has 0 fully saturated rings. The summed E-state index contributed by atoms with van der Waals surface area (Å²) in [4.78, 5) is 9.87. The molecule has 1 aromatic carbocycles. The van der Waals surface area contributed by atoms with E-state index in [4.69, 9.17) is 5.11 Å². The van der Waals surface area contributed by atoms with Crippen LogP contribution in [-0.2, 0) is 0 Å². The molecule has 0 saturated heterocycles. The number of benzene rings is 1. The van der Waals surface area contributed by atoms with Crippen molar-refractivity contribution in [3.63, 3.8) is 0 Å². The normalized spacial score (nSPS) is 11.4. The van der Waals surface area contributed by atoms with Crippen molar-refractivity contribution in [1.29, 1.82) is 0 Å². The van der Waals surface area contributed by atoms with Crippen molar-refractivity contribution in [2.24, 2.45) is 5.41 Å². The average Bonchev–Trinajstić information content (AvgIpc) is 2.24. The molecule has 0 aliphatic rings. The highest BCUT2D eigenvalue weighted by atomic mass is 19.1. The number of nitrogens with one attached hydrogen (secondary N) is 1. The zero-order chi connectivity index (χ0) is 14.6. The molecule has 0 radical (unpaired) electrons. The van der Waals surface area contributed by atoms with Gasteiger partial charge in [-0.15, -0.1) is 0 Å². The molecular formula is C12H16F2N2O3. The summed E-state index contributed by atoms with van der Waals surface area (Å²) < 4.78 is 26.5. The molecule has 0 bridgehead atoms. The van der Waals surface area contributed by atoms with Gasteiger partial charge in [0.15, 0.2) is 0 Å². The van der Waals surface area contributed by atoms with Gasteiger partial charge in [0.05, 0.1) is 4.92 Å². The summed E-state index contributed by atoms with van der Waals surface area (Å²) in [6.45, 7) is 3.88. The fourth-order valence-corrected chi connectivity index (χ4v) is 1.61. The Bertz CT molecular complexity index is 478. The molecule has 0 heterocycles. The Hall–Kier alpha value is -1.76. The largest absolute Gasteiger partial charge is 0.396 e. The lowest BCUT2D eigenvalue weighted by molar-refractivity contribution is -0.386. The number of nitro benzene ring substituents is 1. The predicted molar refractivity (Wildman–Crippen MR) is 67.0 cm³/mol. The Morgan fingerprint density at radius 3 is 2.58 bits per heavy atom. The van der Waals surface area contributed by atoms with Gasteiger partial charge in [-0.2, -0.15) is 4.39 Å². The maximum atomic E-state index is 13.4. The summed E-state index contributed by atoms with van der Waals surface area (Å²) in [5.41, 5.74) is -1.33. The maximum absolute atomic E-state index is 13.4. The first-order valence-electron chi connectivity index (χ1n) is 5.75. The van der Waals surface area contributed by atoms with Crippen molar-refractivity contribution in [2.75, 3.05) is 18.5 Å². The number of aliphatic hydroxyl groups excluding tert-OH is 1. The van der Waals surface area contributed by atoms with Crippen LogP contribution in [0, 0.1) is 27.2 Å². The molecule has 1 rings (SSSR count). The number of hydrogen-bond acceptors (Lipinski definition) is 4. The van der Waals surface area contributed by atoms with E-state index in [1.165, 1.54) is 0 Å². The van der Waals surface area contributed by atoms with Crippen LogP contribution in [0.3, 0.4) is 0 Å². The number of halogens is 2. The van der Waals surface area contributed by atoms with Crippen LogP contribution in [0.4, 0.5) is 20.2 Å². The van der Waals surface area contributed by atoms with Gasteiger partial charge in [-0.25, -0.2) is 4.39 Å². The van der Waals surface area contributed by atoms with Crippen molar-refractivity contribution in [1.82, 2.24) is 0 Å². The van der Waals surface area contributed by atoms with Crippen LogP contribution in [0.25, 0.3) is 0 Å². The third kappa shape index (κ3) is 4.13. The van der Waals surface area contributed by atoms with E-state index in [1.807, 2.05) is 13.8 Å². The monoisotopic (exact) mass is 274 g/mol. The van der Waals surface area contributed by atoms with Crippen LogP contribution < -0.4 is 5.32 Å². The van der Waals surface area contributed by atoms with Crippen LogP contribution in [0.15, 0.2) is 12.1 Å². The summed E-state index contributed by atoms with van der Waals surface area (Å²) in [5, 5.41) is 22.3. The molecule has 19 heavy (non-hydrogen) atoms. The van der Waals surface area contributed by atoms with E-state index < -0.39 is 22.2 Å². The van der Waals surface area contributed by atoms with Crippen molar-refractivity contribution < 1.29 is 18.8 Å². The maximum Gasteiger partial charge on any atom is 0.327 e. The Kier molecular flexibility index (Phi) is 4.77. The van der Waals surface area contributed by atoms with Crippen LogP contribution >= 0.6 is 0 Å². The second-order valence-corrected chi connectivity index (χ2v) is 5.03. The molecule has 5 nitrogen and oxygen atoms in total. The van der Waals surface area contributed by atoms with Gasteiger partial charge in [0.1, 0.15) is 11.5 Å². The van der Waals surface area contributed by atoms with Crippen molar-refractivity contribution in [3.05, 3.63) is 33.9 Å². The van der Waals surface area contributed by atoms with Gasteiger partial charge in [-0.1, -0.05) is 13.8 Å². The van der Waals surface area contributed by atoms with Crippen LogP contribution in [-0.4, -0.2) is 23.2 Å². The zero-order valence-corrected chi connectivity index (χ0v) is 10.7. The Morgan fingerprint density at radius 1 is 1.42 bits per heavy atom. The molecule has 0 aromatic heterocycles. The Labute approximate surface area is 109 Å². The van der Waals surface area contributed by atoms with Crippen molar-refractivity contribution in [2.45, 2.75) is 20.3 Å². The molecule has 106 valence electrons. The van der Waals surface area contributed by atoms with Gasteiger partial charge in [0.25, 0.3) is 0 Å². The number of aliphatic hydroxyl groups is 1. The molecule has 0 spiro atoms. The van der Waals surface area contributed by atoms with Gasteiger partial charge < -0.3 is 10.4 Å². The van der Waals surface area contributed by atoms with E-state index >= 15 is 0 Å². The first-order chi connectivity index (χ1) is 8.76. The fraction of sp³-hybridized carbons (Fsp3) is 0.500. The van der Waals surface area contributed by atoms with E-state index in [1.54, 1.807) is 0 Å². The van der Waals surface area contributed by atoms with E-state index in [0.717, 1.165) is 6.07 Å². The lowest BCUT2D eigenvalue weighted by Crippen LogP contribution is -2.24. The lowest BCUT2D eigenvalue weighted by atomic mass is 9.89. The van der Waals surface area contributed by atoms with Crippen LogP contribution in [0.1, 0.15) is 20.3 Å². The molecule has 0 amide bonds. The molecule has 0 saturated carbocycles. The van der Waals surface area contributed by atoms with E-state index in [-0.39, 0.29) is 24.3 Å². The molecule has 1 aromatic rings. The summed E-state index contributed by atoms with van der Waals surface area (Å²) >= 11 is 0. The first kappa shape index (κ1) is 15.3. The van der Waals surface area contributed by atoms with Gasteiger partial charge in [-0.3, -0.25) is 10.1 Å². The third-order valence-electron chi connectivity index (χ3n) is 2.76.